The Morgan fingerprint density at radius 2 is 1.71 bits per heavy atom. The summed E-state index contributed by atoms with van der Waals surface area (Å²) in [6.07, 6.45) is 1.17. The van der Waals surface area contributed by atoms with Crippen LogP contribution in [-0.4, -0.2) is 45.9 Å². The summed E-state index contributed by atoms with van der Waals surface area (Å²) in [5.41, 5.74) is 4.36. The van der Waals surface area contributed by atoms with E-state index in [9.17, 15) is 4.79 Å². The zero-order valence-electron chi connectivity index (χ0n) is 19.3. The Morgan fingerprint density at radius 1 is 0.943 bits per heavy atom. The number of hydrogen-bond donors (Lipinski definition) is 1. The number of ketones is 1. The lowest BCUT2D eigenvalue weighted by Crippen LogP contribution is -2.45. The van der Waals surface area contributed by atoms with E-state index in [1.807, 2.05) is 66.7 Å². The highest BCUT2D eigenvalue weighted by Gasteiger charge is 2.29. The number of carbonyl (C=O) groups is 1. The first-order chi connectivity index (χ1) is 17.2. The summed E-state index contributed by atoms with van der Waals surface area (Å²) >= 11 is 0. The minimum absolute atomic E-state index is 0.0697. The SMILES string of the molecule is CC1CN(c2ncccc2-c2nnc(NC3N=C(c4ccccc4)c4ccccc4CC3=O)o2)C1. The Labute approximate surface area is 202 Å². The first-order valence-corrected chi connectivity index (χ1v) is 11.7. The first-order valence-electron chi connectivity index (χ1n) is 11.7. The van der Waals surface area contributed by atoms with Crippen molar-refractivity contribution in [3.63, 3.8) is 0 Å². The summed E-state index contributed by atoms with van der Waals surface area (Å²) in [5, 5.41) is 11.5. The van der Waals surface area contributed by atoms with E-state index in [4.69, 9.17) is 9.41 Å². The van der Waals surface area contributed by atoms with E-state index in [-0.39, 0.29) is 18.2 Å². The second-order valence-corrected chi connectivity index (χ2v) is 8.99. The summed E-state index contributed by atoms with van der Waals surface area (Å²) in [6, 6.07) is 21.7. The molecule has 2 aromatic carbocycles. The van der Waals surface area contributed by atoms with Crippen LogP contribution in [0.4, 0.5) is 11.8 Å². The predicted molar refractivity (Wildman–Crippen MR) is 134 cm³/mol. The number of aliphatic imine (C=N–C) groups is 1. The summed E-state index contributed by atoms with van der Waals surface area (Å²) < 4.78 is 5.94. The molecule has 0 saturated carbocycles. The quantitative estimate of drug-likeness (QED) is 0.477. The number of nitrogens with one attached hydrogen (secondary N) is 1. The number of Topliss-reactive ketones (excluding diaryl/α,β-unsaturated/α-hetero) is 1. The van der Waals surface area contributed by atoms with Crippen LogP contribution in [0.25, 0.3) is 11.5 Å². The lowest BCUT2D eigenvalue weighted by atomic mass is 9.96. The molecule has 4 aromatic rings. The van der Waals surface area contributed by atoms with Gasteiger partial charge < -0.3 is 14.6 Å². The van der Waals surface area contributed by atoms with Crippen LogP contribution >= 0.6 is 0 Å². The van der Waals surface area contributed by atoms with Crippen molar-refractivity contribution < 1.29 is 9.21 Å². The molecular weight excluding hydrogens is 440 g/mol. The van der Waals surface area contributed by atoms with Crippen LogP contribution < -0.4 is 10.2 Å². The number of carbonyl (C=O) groups excluding carboxylic acids is 1. The minimum atomic E-state index is -0.851. The Balaban J connectivity index is 1.32. The first kappa shape index (κ1) is 21.2. The van der Waals surface area contributed by atoms with Gasteiger partial charge in [-0.2, -0.15) is 0 Å². The molecule has 1 saturated heterocycles. The van der Waals surface area contributed by atoms with Gasteiger partial charge in [-0.15, -0.1) is 5.10 Å². The number of hydrogen-bond acceptors (Lipinski definition) is 8. The van der Waals surface area contributed by atoms with Crippen molar-refractivity contribution >= 4 is 23.3 Å². The highest BCUT2D eigenvalue weighted by atomic mass is 16.4. The van der Waals surface area contributed by atoms with Crippen molar-refractivity contribution in [3.05, 3.63) is 89.6 Å². The lowest BCUT2D eigenvalue weighted by molar-refractivity contribution is -0.119. The van der Waals surface area contributed by atoms with Gasteiger partial charge in [0, 0.05) is 36.8 Å². The van der Waals surface area contributed by atoms with Crippen molar-refractivity contribution in [2.45, 2.75) is 19.5 Å². The predicted octanol–water partition coefficient (Wildman–Crippen LogP) is 3.99. The Kier molecular flexibility index (Phi) is 5.33. The molecule has 0 aliphatic carbocycles. The van der Waals surface area contributed by atoms with Gasteiger partial charge in [0.25, 0.3) is 5.89 Å². The standard InChI is InChI=1S/C27H24N6O2/c1-17-15-33(16-17)25-21(12-7-13-28-25)26-31-32-27(35-26)30-24-22(34)14-19-10-5-6-11-20(19)23(29-24)18-8-3-2-4-9-18/h2-13,17,24H,14-16H2,1H3,(H,30,32). The molecule has 2 aromatic heterocycles. The number of aromatic nitrogens is 3. The fourth-order valence-corrected chi connectivity index (χ4v) is 4.59. The highest BCUT2D eigenvalue weighted by molar-refractivity contribution is 6.16. The molecule has 174 valence electrons. The molecule has 0 bridgehead atoms. The van der Waals surface area contributed by atoms with E-state index in [0.29, 0.717) is 11.8 Å². The molecule has 1 unspecified atom stereocenters. The molecular formula is C27H24N6O2. The number of nitrogens with zero attached hydrogens (tertiary/aromatic N) is 5. The summed E-state index contributed by atoms with van der Waals surface area (Å²) in [7, 11) is 0. The maximum absolute atomic E-state index is 13.2. The smallest absolute Gasteiger partial charge is 0.317 e. The molecule has 1 atom stereocenters. The molecule has 35 heavy (non-hydrogen) atoms. The lowest BCUT2D eigenvalue weighted by Gasteiger charge is -2.38. The van der Waals surface area contributed by atoms with Crippen molar-refractivity contribution in [3.8, 4) is 11.5 Å². The van der Waals surface area contributed by atoms with Gasteiger partial charge in [0.1, 0.15) is 5.82 Å². The number of benzene rings is 2. The molecule has 4 heterocycles. The third-order valence-electron chi connectivity index (χ3n) is 6.31. The number of fused-ring (bicyclic) bond motifs is 1. The third-order valence-corrected chi connectivity index (χ3v) is 6.31. The third kappa shape index (κ3) is 4.07. The van der Waals surface area contributed by atoms with Gasteiger partial charge in [-0.1, -0.05) is 66.6 Å². The fourth-order valence-electron chi connectivity index (χ4n) is 4.59. The molecule has 2 aliphatic rings. The molecule has 0 radical (unpaired) electrons. The normalized spacial score (nSPS) is 17.9. The van der Waals surface area contributed by atoms with Crippen LogP contribution in [-0.2, 0) is 11.2 Å². The Hall–Kier alpha value is -4.33. The van der Waals surface area contributed by atoms with E-state index in [1.54, 1.807) is 6.20 Å². The maximum Gasteiger partial charge on any atom is 0.317 e. The second-order valence-electron chi connectivity index (χ2n) is 8.99. The summed E-state index contributed by atoms with van der Waals surface area (Å²) in [5.74, 6) is 1.74. The van der Waals surface area contributed by atoms with Gasteiger partial charge in [0.15, 0.2) is 11.9 Å². The van der Waals surface area contributed by atoms with E-state index in [2.05, 4.69) is 32.3 Å². The number of anilines is 2. The van der Waals surface area contributed by atoms with Crippen LogP contribution in [0.2, 0.25) is 0 Å². The molecule has 2 aliphatic heterocycles. The molecule has 0 spiro atoms. The zero-order chi connectivity index (χ0) is 23.8. The Bertz CT molecular complexity index is 1410. The molecule has 0 amide bonds. The average Bonchev–Trinajstić information content (AvgIpc) is 3.28. The van der Waals surface area contributed by atoms with Gasteiger partial charge in [-0.25, -0.2) is 4.98 Å². The fraction of sp³-hybridized carbons (Fsp3) is 0.222. The van der Waals surface area contributed by atoms with Gasteiger partial charge in [0.2, 0.25) is 0 Å². The van der Waals surface area contributed by atoms with E-state index < -0.39 is 6.17 Å². The summed E-state index contributed by atoms with van der Waals surface area (Å²) in [6.45, 7) is 4.09. The van der Waals surface area contributed by atoms with E-state index in [0.717, 1.165) is 46.9 Å². The van der Waals surface area contributed by atoms with E-state index in [1.165, 1.54) is 0 Å². The zero-order valence-corrected chi connectivity index (χ0v) is 19.3. The molecule has 1 N–H and O–H groups in total. The number of pyridine rings is 1. The van der Waals surface area contributed by atoms with Crippen molar-refractivity contribution in [2.24, 2.45) is 10.9 Å². The van der Waals surface area contributed by atoms with Gasteiger partial charge in [0.05, 0.1) is 11.3 Å². The van der Waals surface area contributed by atoms with Crippen LogP contribution in [0.5, 0.6) is 0 Å². The molecule has 6 rings (SSSR count). The number of rotatable bonds is 5. The van der Waals surface area contributed by atoms with Crippen LogP contribution in [0.3, 0.4) is 0 Å². The van der Waals surface area contributed by atoms with Crippen LogP contribution in [0.1, 0.15) is 23.6 Å². The second kappa shape index (κ2) is 8.79. The van der Waals surface area contributed by atoms with Crippen molar-refractivity contribution in [1.29, 1.82) is 0 Å². The van der Waals surface area contributed by atoms with Crippen molar-refractivity contribution in [2.75, 3.05) is 23.3 Å². The van der Waals surface area contributed by atoms with Gasteiger partial charge in [-0.3, -0.25) is 9.79 Å². The molecule has 8 nitrogen and oxygen atoms in total. The summed E-state index contributed by atoms with van der Waals surface area (Å²) in [4.78, 5) is 24.7. The van der Waals surface area contributed by atoms with E-state index >= 15 is 0 Å². The van der Waals surface area contributed by atoms with Crippen LogP contribution in [0, 0.1) is 5.92 Å². The largest absolute Gasteiger partial charge is 0.403 e. The van der Waals surface area contributed by atoms with Gasteiger partial charge >= 0.3 is 6.01 Å². The molecule has 1 fully saturated rings. The van der Waals surface area contributed by atoms with Crippen molar-refractivity contribution in [1.82, 2.24) is 15.2 Å². The monoisotopic (exact) mass is 464 g/mol. The highest BCUT2D eigenvalue weighted by Crippen LogP contribution is 2.33. The maximum atomic E-state index is 13.2. The minimum Gasteiger partial charge on any atom is -0.403 e. The van der Waals surface area contributed by atoms with Crippen LogP contribution in [0.15, 0.2) is 82.3 Å². The average molecular weight is 465 g/mol. The molecule has 8 heteroatoms. The van der Waals surface area contributed by atoms with Gasteiger partial charge in [-0.05, 0) is 23.6 Å². The Morgan fingerprint density at radius 3 is 2.54 bits per heavy atom. The topological polar surface area (TPSA) is 96.5 Å².